The number of benzene rings is 1. The first-order valence-electron chi connectivity index (χ1n) is 6.20. The number of esters is 1. The standard InChI is InChI=1S/C14H18BrNO3/c1-3-19-14(18)5-4-8-16(2)13-7-6-12(15)9-11(13)10-17/h6-7,9-10H,3-5,8H2,1-2H3. The topological polar surface area (TPSA) is 46.6 Å². The number of rotatable bonds is 7. The SMILES string of the molecule is CCOC(=O)CCCN(C)c1ccc(Br)cc1C=O. The summed E-state index contributed by atoms with van der Waals surface area (Å²) >= 11 is 3.34. The van der Waals surface area contributed by atoms with Crippen LogP contribution in [-0.4, -0.2) is 32.5 Å². The molecule has 1 aromatic carbocycles. The van der Waals surface area contributed by atoms with Crippen molar-refractivity contribution in [1.82, 2.24) is 0 Å². The minimum absolute atomic E-state index is 0.178. The number of hydrogen-bond donors (Lipinski definition) is 0. The molecule has 5 heteroatoms. The van der Waals surface area contributed by atoms with Crippen molar-refractivity contribution >= 4 is 33.9 Å². The van der Waals surface area contributed by atoms with E-state index < -0.39 is 0 Å². The number of carbonyl (C=O) groups excluding carboxylic acids is 2. The van der Waals surface area contributed by atoms with Crippen LogP contribution in [0.15, 0.2) is 22.7 Å². The van der Waals surface area contributed by atoms with Gasteiger partial charge in [0.25, 0.3) is 0 Å². The molecule has 19 heavy (non-hydrogen) atoms. The third-order valence-corrected chi connectivity index (χ3v) is 3.20. The number of carbonyl (C=O) groups is 2. The molecule has 0 bridgehead atoms. The number of ether oxygens (including phenoxy) is 1. The number of halogens is 1. The molecule has 0 N–H and O–H groups in total. The van der Waals surface area contributed by atoms with E-state index in [0.717, 1.165) is 16.4 Å². The summed E-state index contributed by atoms with van der Waals surface area (Å²) < 4.78 is 5.74. The van der Waals surface area contributed by atoms with Crippen LogP contribution < -0.4 is 4.90 Å². The lowest BCUT2D eigenvalue weighted by Crippen LogP contribution is -2.21. The van der Waals surface area contributed by atoms with Gasteiger partial charge in [-0.2, -0.15) is 0 Å². The van der Waals surface area contributed by atoms with Crippen molar-refractivity contribution in [1.29, 1.82) is 0 Å². The molecular weight excluding hydrogens is 310 g/mol. The molecule has 0 spiro atoms. The minimum Gasteiger partial charge on any atom is -0.466 e. The van der Waals surface area contributed by atoms with Gasteiger partial charge in [0.1, 0.15) is 0 Å². The fourth-order valence-electron chi connectivity index (χ4n) is 1.78. The molecule has 104 valence electrons. The lowest BCUT2D eigenvalue weighted by Gasteiger charge is -2.20. The minimum atomic E-state index is -0.178. The van der Waals surface area contributed by atoms with Crippen LogP contribution in [0.4, 0.5) is 5.69 Å². The molecule has 0 fully saturated rings. The Balaban J connectivity index is 2.56. The van der Waals surface area contributed by atoms with Gasteiger partial charge in [-0.05, 0) is 31.5 Å². The van der Waals surface area contributed by atoms with Crippen molar-refractivity contribution in [3.8, 4) is 0 Å². The summed E-state index contributed by atoms with van der Waals surface area (Å²) in [5, 5.41) is 0. The normalized spacial score (nSPS) is 10.1. The molecule has 0 aliphatic heterocycles. The maximum atomic E-state index is 11.2. The zero-order valence-electron chi connectivity index (χ0n) is 11.2. The first-order chi connectivity index (χ1) is 9.08. The second kappa shape index (κ2) is 7.94. The van der Waals surface area contributed by atoms with Gasteiger partial charge in [0.05, 0.1) is 6.61 Å². The monoisotopic (exact) mass is 327 g/mol. The Morgan fingerprint density at radius 1 is 1.47 bits per heavy atom. The lowest BCUT2D eigenvalue weighted by atomic mass is 10.1. The fourth-order valence-corrected chi connectivity index (χ4v) is 2.16. The third kappa shape index (κ3) is 5.03. The summed E-state index contributed by atoms with van der Waals surface area (Å²) in [5.74, 6) is -0.178. The molecule has 0 radical (unpaired) electrons. The van der Waals surface area contributed by atoms with Gasteiger partial charge in [-0.15, -0.1) is 0 Å². The molecule has 4 nitrogen and oxygen atoms in total. The van der Waals surface area contributed by atoms with Gasteiger partial charge in [-0.25, -0.2) is 0 Å². The Labute approximate surface area is 121 Å². The van der Waals surface area contributed by atoms with Gasteiger partial charge in [0.2, 0.25) is 0 Å². The molecule has 0 aliphatic rings. The van der Waals surface area contributed by atoms with E-state index in [1.165, 1.54) is 0 Å². The second-order valence-electron chi connectivity index (χ2n) is 4.15. The van der Waals surface area contributed by atoms with E-state index in [2.05, 4.69) is 15.9 Å². The second-order valence-corrected chi connectivity index (χ2v) is 5.07. The summed E-state index contributed by atoms with van der Waals surface area (Å²) in [6.45, 7) is 2.90. The zero-order chi connectivity index (χ0) is 14.3. The molecule has 0 unspecified atom stereocenters. The van der Waals surface area contributed by atoms with E-state index >= 15 is 0 Å². The molecule has 0 saturated heterocycles. The van der Waals surface area contributed by atoms with E-state index in [0.29, 0.717) is 31.6 Å². The van der Waals surface area contributed by atoms with Gasteiger partial charge in [-0.3, -0.25) is 9.59 Å². The van der Waals surface area contributed by atoms with Gasteiger partial charge >= 0.3 is 5.97 Å². The summed E-state index contributed by atoms with van der Waals surface area (Å²) in [4.78, 5) is 24.2. The smallest absolute Gasteiger partial charge is 0.305 e. The molecular formula is C14H18BrNO3. The Morgan fingerprint density at radius 3 is 2.84 bits per heavy atom. The van der Waals surface area contributed by atoms with E-state index in [4.69, 9.17) is 4.74 Å². The van der Waals surface area contributed by atoms with Crippen LogP contribution in [0.3, 0.4) is 0 Å². The van der Waals surface area contributed by atoms with E-state index in [-0.39, 0.29) is 5.97 Å². The highest BCUT2D eigenvalue weighted by atomic mass is 79.9. The van der Waals surface area contributed by atoms with Crippen LogP contribution in [-0.2, 0) is 9.53 Å². The first-order valence-corrected chi connectivity index (χ1v) is 6.99. The average molecular weight is 328 g/mol. The molecule has 0 aromatic heterocycles. The van der Waals surface area contributed by atoms with Crippen molar-refractivity contribution in [3.63, 3.8) is 0 Å². The zero-order valence-corrected chi connectivity index (χ0v) is 12.8. The van der Waals surface area contributed by atoms with E-state index in [1.54, 1.807) is 13.0 Å². The maximum absolute atomic E-state index is 11.2. The summed E-state index contributed by atoms with van der Waals surface area (Å²) in [6.07, 6.45) is 1.93. The van der Waals surface area contributed by atoms with Crippen LogP contribution >= 0.6 is 15.9 Å². The largest absolute Gasteiger partial charge is 0.466 e. The highest BCUT2D eigenvalue weighted by Crippen LogP contribution is 2.22. The van der Waals surface area contributed by atoms with Crippen molar-refractivity contribution in [2.75, 3.05) is 25.1 Å². The third-order valence-electron chi connectivity index (χ3n) is 2.71. The average Bonchev–Trinajstić information content (AvgIpc) is 2.38. The Bertz CT molecular complexity index is 448. The number of aldehydes is 1. The Hall–Kier alpha value is -1.36. The molecule has 0 saturated carbocycles. The first kappa shape index (κ1) is 15.7. The highest BCUT2D eigenvalue weighted by molar-refractivity contribution is 9.10. The maximum Gasteiger partial charge on any atom is 0.305 e. The van der Waals surface area contributed by atoms with Crippen molar-refractivity contribution in [2.24, 2.45) is 0 Å². The van der Waals surface area contributed by atoms with Crippen molar-refractivity contribution in [2.45, 2.75) is 19.8 Å². The van der Waals surface area contributed by atoms with Crippen LogP contribution in [0.5, 0.6) is 0 Å². The van der Waals surface area contributed by atoms with Gasteiger partial charge < -0.3 is 9.64 Å². The van der Waals surface area contributed by atoms with Crippen molar-refractivity contribution < 1.29 is 14.3 Å². The number of anilines is 1. The van der Waals surface area contributed by atoms with Crippen LogP contribution in [0, 0.1) is 0 Å². The predicted molar refractivity (Wildman–Crippen MR) is 78.7 cm³/mol. The van der Waals surface area contributed by atoms with Crippen molar-refractivity contribution in [3.05, 3.63) is 28.2 Å². The Morgan fingerprint density at radius 2 is 2.21 bits per heavy atom. The quantitative estimate of drug-likeness (QED) is 0.570. The Kier molecular flexibility index (Phi) is 6.56. The fraction of sp³-hybridized carbons (Fsp3) is 0.429. The summed E-state index contributed by atoms with van der Waals surface area (Å²) in [7, 11) is 1.90. The highest BCUT2D eigenvalue weighted by Gasteiger charge is 2.08. The van der Waals surface area contributed by atoms with Gasteiger partial charge in [0, 0.05) is 35.7 Å². The predicted octanol–water partition coefficient (Wildman–Crippen LogP) is 3.04. The van der Waals surface area contributed by atoms with Crippen LogP contribution in [0.1, 0.15) is 30.1 Å². The molecule has 0 heterocycles. The van der Waals surface area contributed by atoms with Crippen LogP contribution in [0.25, 0.3) is 0 Å². The molecule has 1 aromatic rings. The van der Waals surface area contributed by atoms with E-state index in [9.17, 15) is 9.59 Å². The summed E-state index contributed by atoms with van der Waals surface area (Å²) in [5.41, 5.74) is 1.50. The van der Waals surface area contributed by atoms with Gasteiger partial charge in [-0.1, -0.05) is 15.9 Å². The number of hydrogen-bond acceptors (Lipinski definition) is 4. The van der Waals surface area contributed by atoms with E-state index in [1.807, 2.05) is 24.1 Å². The number of nitrogens with zero attached hydrogens (tertiary/aromatic N) is 1. The molecule has 0 amide bonds. The van der Waals surface area contributed by atoms with Crippen LogP contribution in [0.2, 0.25) is 0 Å². The molecule has 0 aliphatic carbocycles. The molecule has 0 atom stereocenters. The molecule has 1 rings (SSSR count). The van der Waals surface area contributed by atoms with Gasteiger partial charge in [0.15, 0.2) is 6.29 Å². The summed E-state index contributed by atoms with van der Waals surface area (Å²) in [6, 6.07) is 5.56. The lowest BCUT2D eigenvalue weighted by molar-refractivity contribution is -0.143.